The maximum atomic E-state index is 14.2. The molecular weight excluding hydrogens is 329 g/mol. The SMILES string of the molecule is CN(C)C(=O)C[C@]12CC[C@H](c3cc(-c4ccccc4F)nnc31)C2(C)C. The predicted octanol–water partition coefficient (Wildman–Crippen LogP) is 3.92. The second kappa shape index (κ2) is 5.60. The molecule has 2 aliphatic rings. The molecule has 1 fully saturated rings. The first-order valence-electron chi connectivity index (χ1n) is 9.11. The van der Waals surface area contributed by atoms with E-state index in [0.717, 1.165) is 24.1 Å². The summed E-state index contributed by atoms with van der Waals surface area (Å²) in [5.74, 6) is 0.154. The molecular formula is C21H24FN3O. The number of carbonyl (C=O) groups is 1. The van der Waals surface area contributed by atoms with Gasteiger partial charge in [-0.2, -0.15) is 10.2 Å². The topological polar surface area (TPSA) is 46.1 Å². The maximum absolute atomic E-state index is 14.2. The van der Waals surface area contributed by atoms with Gasteiger partial charge in [-0.25, -0.2) is 4.39 Å². The molecule has 0 radical (unpaired) electrons. The van der Waals surface area contributed by atoms with Crippen LogP contribution in [0.3, 0.4) is 0 Å². The van der Waals surface area contributed by atoms with Crippen LogP contribution < -0.4 is 0 Å². The molecule has 0 aliphatic heterocycles. The number of aromatic nitrogens is 2. The van der Waals surface area contributed by atoms with Crippen LogP contribution in [0.15, 0.2) is 30.3 Å². The number of hydrogen-bond donors (Lipinski definition) is 0. The van der Waals surface area contributed by atoms with Crippen molar-refractivity contribution in [3.05, 3.63) is 47.4 Å². The highest BCUT2D eigenvalue weighted by molar-refractivity contribution is 5.78. The second-order valence-corrected chi connectivity index (χ2v) is 8.37. The van der Waals surface area contributed by atoms with Crippen LogP contribution in [-0.4, -0.2) is 35.1 Å². The highest BCUT2D eigenvalue weighted by Gasteiger charge is 2.63. The van der Waals surface area contributed by atoms with Crippen molar-refractivity contribution in [2.45, 2.75) is 44.4 Å². The number of benzene rings is 1. The number of amides is 1. The Morgan fingerprint density at radius 2 is 2.00 bits per heavy atom. The Bertz CT molecular complexity index is 893. The summed E-state index contributed by atoms with van der Waals surface area (Å²) < 4.78 is 14.2. The lowest BCUT2D eigenvalue weighted by Crippen LogP contribution is -2.40. The van der Waals surface area contributed by atoms with Crippen LogP contribution in [0.25, 0.3) is 11.3 Å². The summed E-state index contributed by atoms with van der Waals surface area (Å²) in [6, 6.07) is 8.65. The number of halogens is 1. The van der Waals surface area contributed by atoms with Crippen molar-refractivity contribution < 1.29 is 9.18 Å². The van der Waals surface area contributed by atoms with Crippen molar-refractivity contribution >= 4 is 5.91 Å². The summed E-state index contributed by atoms with van der Waals surface area (Å²) in [5.41, 5.74) is 2.77. The summed E-state index contributed by atoms with van der Waals surface area (Å²) in [6.07, 6.45) is 2.43. The number of rotatable bonds is 3. The number of nitrogens with zero attached hydrogens (tertiary/aromatic N) is 3. The zero-order valence-electron chi connectivity index (χ0n) is 15.7. The molecule has 1 aromatic heterocycles. The molecule has 136 valence electrons. The molecule has 26 heavy (non-hydrogen) atoms. The first-order chi connectivity index (χ1) is 12.3. The number of fused-ring (bicyclic) bond motifs is 5. The van der Waals surface area contributed by atoms with Crippen molar-refractivity contribution in [3.63, 3.8) is 0 Å². The van der Waals surface area contributed by atoms with Gasteiger partial charge in [0.2, 0.25) is 5.91 Å². The fraction of sp³-hybridized carbons (Fsp3) is 0.476. The minimum absolute atomic E-state index is 0.0659. The second-order valence-electron chi connectivity index (χ2n) is 8.37. The summed E-state index contributed by atoms with van der Waals surface area (Å²) >= 11 is 0. The largest absolute Gasteiger partial charge is 0.349 e. The van der Waals surface area contributed by atoms with Crippen LogP contribution >= 0.6 is 0 Å². The Labute approximate surface area is 153 Å². The van der Waals surface area contributed by atoms with E-state index in [4.69, 9.17) is 0 Å². The van der Waals surface area contributed by atoms with E-state index in [1.165, 1.54) is 6.07 Å². The maximum Gasteiger partial charge on any atom is 0.223 e. The van der Waals surface area contributed by atoms with Gasteiger partial charge in [0.25, 0.3) is 0 Å². The van der Waals surface area contributed by atoms with Gasteiger partial charge in [-0.1, -0.05) is 26.0 Å². The molecule has 0 saturated heterocycles. The molecule has 1 heterocycles. The van der Waals surface area contributed by atoms with E-state index >= 15 is 0 Å². The zero-order chi connectivity index (χ0) is 18.7. The van der Waals surface area contributed by atoms with Crippen molar-refractivity contribution in [2.24, 2.45) is 5.41 Å². The Kier molecular flexibility index (Phi) is 3.69. The molecule has 4 rings (SSSR count). The minimum atomic E-state index is -0.290. The van der Waals surface area contributed by atoms with Crippen LogP contribution in [0.4, 0.5) is 4.39 Å². The van der Waals surface area contributed by atoms with E-state index in [1.807, 2.05) is 6.07 Å². The Hall–Kier alpha value is -2.30. The average Bonchev–Trinajstić information content (AvgIpc) is 2.95. The normalized spacial score (nSPS) is 25.2. The summed E-state index contributed by atoms with van der Waals surface area (Å²) in [6.45, 7) is 4.47. The smallest absolute Gasteiger partial charge is 0.223 e. The average molecular weight is 353 g/mol. The lowest BCUT2D eigenvalue weighted by atomic mass is 9.66. The number of carbonyl (C=O) groups excluding carboxylic acids is 1. The molecule has 1 aromatic carbocycles. The van der Waals surface area contributed by atoms with Gasteiger partial charge in [-0.3, -0.25) is 4.79 Å². The van der Waals surface area contributed by atoms with Crippen LogP contribution in [0.5, 0.6) is 0 Å². The quantitative estimate of drug-likeness (QED) is 0.840. The van der Waals surface area contributed by atoms with Crippen LogP contribution in [0, 0.1) is 11.2 Å². The van der Waals surface area contributed by atoms with E-state index in [-0.39, 0.29) is 22.6 Å². The van der Waals surface area contributed by atoms with Crippen molar-refractivity contribution in [2.75, 3.05) is 14.1 Å². The monoisotopic (exact) mass is 353 g/mol. The van der Waals surface area contributed by atoms with Crippen LogP contribution in [0.1, 0.15) is 50.3 Å². The standard InChI is InChI=1S/C21H24FN3O/c1-20(2)15-9-10-21(20,12-18(26)25(3)4)19-14(15)11-17(23-24-19)13-7-5-6-8-16(13)22/h5-8,11,15H,9-10,12H2,1-4H3/t15-,21-/m1/s1. The highest BCUT2D eigenvalue weighted by Crippen LogP contribution is 2.68. The van der Waals surface area contributed by atoms with E-state index in [9.17, 15) is 9.18 Å². The van der Waals surface area contributed by atoms with Crippen LogP contribution in [0.2, 0.25) is 0 Å². The molecule has 0 N–H and O–H groups in total. The van der Waals surface area contributed by atoms with Gasteiger partial charge < -0.3 is 4.90 Å². The third-order valence-corrected chi connectivity index (χ3v) is 6.72. The van der Waals surface area contributed by atoms with Gasteiger partial charge >= 0.3 is 0 Å². The molecule has 0 unspecified atom stereocenters. The van der Waals surface area contributed by atoms with Gasteiger partial charge in [0, 0.05) is 31.5 Å². The third-order valence-electron chi connectivity index (χ3n) is 6.72. The van der Waals surface area contributed by atoms with Crippen molar-refractivity contribution in [1.82, 2.24) is 15.1 Å². The fourth-order valence-corrected chi connectivity index (χ4v) is 5.04. The third kappa shape index (κ3) is 2.15. The highest BCUT2D eigenvalue weighted by atomic mass is 19.1. The molecule has 2 aliphatic carbocycles. The van der Waals surface area contributed by atoms with E-state index < -0.39 is 0 Å². The van der Waals surface area contributed by atoms with Crippen LogP contribution in [-0.2, 0) is 10.2 Å². The number of hydrogen-bond acceptors (Lipinski definition) is 3. The first-order valence-corrected chi connectivity index (χ1v) is 9.11. The summed E-state index contributed by atoms with van der Waals surface area (Å²) in [5, 5.41) is 8.90. The lowest BCUT2D eigenvalue weighted by molar-refractivity contribution is -0.131. The van der Waals surface area contributed by atoms with E-state index in [1.54, 1.807) is 37.2 Å². The predicted molar refractivity (Wildman–Crippen MR) is 98.2 cm³/mol. The van der Waals surface area contributed by atoms with Crippen molar-refractivity contribution in [3.8, 4) is 11.3 Å². The van der Waals surface area contributed by atoms with Gasteiger partial charge in [0.1, 0.15) is 5.82 Å². The zero-order valence-corrected chi connectivity index (χ0v) is 15.7. The molecule has 2 bridgehead atoms. The minimum Gasteiger partial charge on any atom is -0.349 e. The van der Waals surface area contributed by atoms with Gasteiger partial charge in [-0.05, 0) is 47.9 Å². The molecule has 1 amide bonds. The fourth-order valence-electron chi connectivity index (χ4n) is 5.04. The van der Waals surface area contributed by atoms with E-state index in [0.29, 0.717) is 23.6 Å². The summed E-state index contributed by atoms with van der Waals surface area (Å²) in [7, 11) is 3.59. The Balaban J connectivity index is 1.83. The Morgan fingerprint density at radius 1 is 1.27 bits per heavy atom. The van der Waals surface area contributed by atoms with Gasteiger partial charge in [0.05, 0.1) is 11.4 Å². The molecule has 4 nitrogen and oxygen atoms in total. The summed E-state index contributed by atoms with van der Waals surface area (Å²) in [4.78, 5) is 14.2. The molecule has 2 atom stereocenters. The molecule has 0 spiro atoms. The molecule has 2 aromatic rings. The first kappa shape index (κ1) is 17.1. The molecule has 5 heteroatoms. The van der Waals surface area contributed by atoms with Crippen molar-refractivity contribution in [1.29, 1.82) is 0 Å². The van der Waals surface area contributed by atoms with E-state index in [2.05, 4.69) is 24.0 Å². The molecule has 1 saturated carbocycles. The Morgan fingerprint density at radius 3 is 2.69 bits per heavy atom. The van der Waals surface area contributed by atoms with Gasteiger partial charge in [-0.15, -0.1) is 0 Å². The lowest BCUT2D eigenvalue weighted by Gasteiger charge is -2.38. The van der Waals surface area contributed by atoms with Gasteiger partial charge in [0.15, 0.2) is 0 Å².